The van der Waals surface area contributed by atoms with Gasteiger partial charge in [0, 0.05) is 26.5 Å². The minimum absolute atomic E-state index is 0.0760. The van der Waals surface area contributed by atoms with E-state index >= 15 is 0 Å². The summed E-state index contributed by atoms with van der Waals surface area (Å²) in [5.41, 5.74) is 0.0261. The van der Waals surface area contributed by atoms with Gasteiger partial charge in [0.2, 0.25) is 0 Å². The van der Waals surface area contributed by atoms with Crippen LogP contribution in [0.1, 0.15) is 29.8 Å². The molecule has 0 saturated heterocycles. The molecule has 0 fully saturated rings. The first-order valence-corrected chi connectivity index (χ1v) is 10.2. The van der Waals surface area contributed by atoms with Gasteiger partial charge < -0.3 is 9.47 Å². The maximum Gasteiger partial charge on any atom is 0.454 e. The van der Waals surface area contributed by atoms with E-state index in [2.05, 4.69) is 26.9 Å². The van der Waals surface area contributed by atoms with E-state index in [0.29, 0.717) is 17.9 Å². The van der Waals surface area contributed by atoms with Crippen molar-refractivity contribution in [2.24, 2.45) is 0 Å². The van der Waals surface area contributed by atoms with E-state index < -0.39 is 26.3 Å². The molecule has 1 rings (SSSR count). The Bertz CT molecular complexity index is 554. The minimum Gasteiger partial charge on any atom is -0.496 e. The average molecular weight is 348 g/mol. The summed E-state index contributed by atoms with van der Waals surface area (Å²) < 4.78 is 48.4. The minimum atomic E-state index is -4.89. The summed E-state index contributed by atoms with van der Waals surface area (Å²) in [4.78, 5) is 11.3. The highest BCUT2D eigenvalue weighted by molar-refractivity contribution is 6.59. The highest BCUT2D eigenvalue weighted by Gasteiger charge is 2.39. The number of carbonyl (C=O) groups excluding carboxylic acids is 1. The van der Waals surface area contributed by atoms with E-state index in [4.69, 9.17) is 9.47 Å². The molecule has 0 atom stereocenters. The first kappa shape index (κ1) is 19.7. The van der Waals surface area contributed by atoms with E-state index in [1.807, 2.05) is 0 Å². The monoisotopic (exact) mass is 348 g/mol. The Labute approximate surface area is 136 Å². The van der Waals surface area contributed by atoms with Gasteiger partial charge in [-0.2, -0.15) is 13.2 Å². The van der Waals surface area contributed by atoms with Crippen molar-refractivity contribution in [3.8, 4) is 5.75 Å². The number of halogens is 3. The number of methoxy groups -OCH3 is 1. The van der Waals surface area contributed by atoms with Gasteiger partial charge in [0.15, 0.2) is 0 Å². The van der Waals surface area contributed by atoms with Crippen molar-refractivity contribution in [2.45, 2.75) is 44.8 Å². The number of ether oxygens (including phenoxy) is 2. The molecule has 1 aromatic carbocycles. The predicted molar refractivity (Wildman–Crippen MR) is 86.0 cm³/mol. The van der Waals surface area contributed by atoms with Crippen LogP contribution in [0.25, 0.3) is 0 Å². The zero-order valence-corrected chi connectivity index (χ0v) is 15.2. The lowest BCUT2D eigenvalue weighted by Gasteiger charge is -2.28. The summed E-state index contributed by atoms with van der Waals surface area (Å²) in [6.45, 7) is 9.28. The Kier molecular flexibility index (Phi) is 6.41. The van der Waals surface area contributed by atoms with E-state index in [1.165, 1.54) is 19.2 Å². The molecule has 7 heteroatoms. The number of hydrogen-bond acceptors (Lipinski definition) is 3. The fourth-order valence-electron chi connectivity index (χ4n) is 1.79. The Hall–Kier alpha value is -1.34. The SMILES string of the molecule is COc1ccc(C(=O)C(F)(F)F)cc1COCC(C)(C)[SiH](C)C. The molecule has 0 unspecified atom stereocenters. The van der Waals surface area contributed by atoms with E-state index in [9.17, 15) is 18.0 Å². The van der Waals surface area contributed by atoms with Crippen molar-refractivity contribution in [2.75, 3.05) is 13.7 Å². The van der Waals surface area contributed by atoms with Gasteiger partial charge in [-0.3, -0.25) is 4.79 Å². The second kappa shape index (κ2) is 7.48. The fourth-order valence-corrected chi connectivity index (χ4v) is 2.24. The van der Waals surface area contributed by atoms with Crippen molar-refractivity contribution >= 4 is 14.6 Å². The van der Waals surface area contributed by atoms with Crippen LogP contribution in [0, 0.1) is 0 Å². The fraction of sp³-hybridized carbons (Fsp3) is 0.562. The molecule has 0 saturated carbocycles. The molecule has 0 amide bonds. The maximum atomic E-state index is 12.5. The van der Waals surface area contributed by atoms with Gasteiger partial charge in [0.25, 0.3) is 5.78 Å². The summed E-state index contributed by atoms with van der Waals surface area (Å²) in [5, 5.41) is 0.0760. The standard InChI is InChI=1S/C16H23F3O3Si/c1-15(2,23(4)5)10-22-9-12-8-11(6-7-13(12)21-3)14(20)16(17,18)19/h6-8,23H,9-10H2,1-5H3. The average Bonchev–Trinajstić information content (AvgIpc) is 2.45. The molecule has 0 aliphatic rings. The third-order valence-corrected chi connectivity index (χ3v) is 7.39. The molecule has 0 heterocycles. The normalized spacial score (nSPS) is 12.6. The Balaban J connectivity index is 2.91. The molecule has 23 heavy (non-hydrogen) atoms. The predicted octanol–water partition coefficient (Wildman–Crippen LogP) is 4.22. The number of carbonyl (C=O) groups is 1. The quantitative estimate of drug-likeness (QED) is 0.547. The molecule has 0 aliphatic heterocycles. The third-order valence-electron chi connectivity index (χ3n) is 4.09. The van der Waals surface area contributed by atoms with Crippen LogP contribution in [0.4, 0.5) is 13.2 Å². The largest absolute Gasteiger partial charge is 0.496 e. The lowest BCUT2D eigenvalue weighted by molar-refractivity contribution is -0.0885. The molecule has 0 N–H and O–H groups in total. The molecule has 1 aromatic rings. The van der Waals surface area contributed by atoms with E-state index in [0.717, 1.165) is 6.07 Å². The Morgan fingerprint density at radius 3 is 2.30 bits per heavy atom. The summed E-state index contributed by atoms with van der Waals surface area (Å²) in [7, 11) is 0.493. The zero-order chi connectivity index (χ0) is 17.8. The molecule has 3 nitrogen and oxygen atoms in total. The van der Waals surface area contributed by atoms with Crippen LogP contribution in [0.3, 0.4) is 0 Å². The lowest BCUT2D eigenvalue weighted by Crippen LogP contribution is -2.26. The van der Waals surface area contributed by atoms with Crippen LogP contribution in [-0.4, -0.2) is 34.5 Å². The summed E-state index contributed by atoms with van der Waals surface area (Å²) in [5.74, 6) is -1.46. The van der Waals surface area contributed by atoms with Crippen molar-refractivity contribution in [3.05, 3.63) is 29.3 Å². The van der Waals surface area contributed by atoms with Crippen molar-refractivity contribution in [3.63, 3.8) is 0 Å². The molecule has 0 aromatic heterocycles. The number of rotatable bonds is 7. The number of benzene rings is 1. The smallest absolute Gasteiger partial charge is 0.454 e. The number of ketones is 1. The van der Waals surface area contributed by atoms with E-state index in [-0.39, 0.29) is 11.6 Å². The first-order valence-electron chi connectivity index (χ1n) is 7.35. The maximum absolute atomic E-state index is 12.5. The molecular weight excluding hydrogens is 325 g/mol. The summed E-state index contributed by atoms with van der Waals surface area (Å²) in [6.07, 6.45) is -4.89. The van der Waals surface area contributed by atoms with Crippen molar-refractivity contribution < 1.29 is 27.4 Å². The van der Waals surface area contributed by atoms with Crippen LogP contribution in [-0.2, 0) is 11.3 Å². The molecule has 130 valence electrons. The van der Waals surface area contributed by atoms with Crippen LogP contribution >= 0.6 is 0 Å². The van der Waals surface area contributed by atoms with Gasteiger partial charge in [-0.05, 0) is 23.2 Å². The molecule has 0 bridgehead atoms. The van der Waals surface area contributed by atoms with Gasteiger partial charge in [-0.1, -0.05) is 26.9 Å². The van der Waals surface area contributed by atoms with Crippen LogP contribution in [0.2, 0.25) is 18.1 Å². The first-order chi connectivity index (χ1) is 10.5. The van der Waals surface area contributed by atoms with Gasteiger partial charge in [0.05, 0.1) is 13.7 Å². The van der Waals surface area contributed by atoms with Crippen molar-refractivity contribution in [1.82, 2.24) is 0 Å². The highest BCUT2D eigenvalue weighted by atomic mass is 28.3. The van der Waals surface area contributed by atoms with Gasteiger partial charge in [-0.15, -0.1) is 0 Å². The zero-order valence-electron chi connectivity index (χ0n) is 14.1. The van der Waals surface area contributed by atoms with Gasteiger partial charge >= 0.3 is 6.18 Å². The van der Waals surface area contributed by atoms with Crippen LogP contribution < -0.4 is 4.74 Å². The summed E-state index contributed by atoms with van der Waals surface area (Å²) >= 11 is 0. The second-order valence-corrected chi connectivity index (χ2v) is 10.4. The summed E-state index contributed by atoms with van der Waals surface area (Å²) in [6, 6.07) is 3.66. The lowest BCUT2D eigenvalue weighted by atomic mass is 10.1. The van der Waals surface area contributed by atoms with Crippen molar-refractivity contribution in [1.29, 1.82) is 0 Å². The van der Waals surface area contributed by atoms with Gasteiger partial charge in [-0.25, -0.2) is 0 Å². The van der Waals surface area contributed by atoms with E-state index in [1.54, 1.807) is 0 Å². The molecule has 0 spiro atoms. The number of alkyl halides is 3. The molecule has 0 radical (unpaired) electrons. The second-order valence-electron chi connectivity index (χ2n) is 6.49. The molecular formula is C16H23F3O3Si. The Morgan fingerprint density at radius 2 is 1.83 bits per heavy atom. The molecule has 0 aliphatic carbocycles. The third kappa shape index (κ3) is 5.35. The number of Topliss-reactive ketones (excluding diaryl/α,β-unsaturated/α-hetero) is 1. The highest BCUT2D eigenvalue weighted by Crippen LogP contribution is 2.30. The topological polar surface area (TPSA) is 35.5 Å². The number of hydrogen-bond donors (Lipinski definition) is 0. The van der Waals surface area contributed by atoms with Gasteiger partial charge in [0.1, 0.15) is 5.75 Å². The van der Waals surface area contributed by atoms with Crippen LogP contribution in [0.15, 0.2) is 18.2 Å². The Morgan fingerprint density at radius 1 is 1.22 bits per heavy atom. The van der Waals surface area contributed by atoms with Crippen LogP contribution in [0.5, 0.6) is 5.75 Å².